The lowest BCUT2D eigenvalue weighted by Gasteiger charge is -2.12. The summed E-state index contributed by atoms with van der Waals surface area (Å²) in [5, 5.41) is 22.1. The first-order chi connectivity index (χ1) is 12.8. The molecule has 0 bridgehead atoms. The van der Waals surface area contributed by atoms with E-state index in [4.69, 9.17) is 16.9 Å². The van der Waals surface area contributed by atoms with Gasteiger partial charge in [0.15, 0.2) is 5.82 Å². The summed E-state index contributed by atoms with van der Waals surface area (Å²) in [5.74, 6) is 0.239. The van der Waals surface area contributed by atoms with Crippen LogP contribution in [0.15, 0.2) is 48.7 Å². The van der Waals surface area contributed by atoms with Gasteiger partial charge in [-0.2, -0.15) is 28.5 Å². The number of hydrogen-bond donors (Lipinski definition) is 2. The maximum Gasteiger partial charge on any atom is 0.416 e. The van der Waals surface area contributed by atoms with Crippen LogP contribution in [-0.2, 0) is 6.18 Å². The summed E-state index contributed by atoms with van der Waals surface area (Å²) in [6.07, 6.45) is -3.17. The van der Waals surface area contributed by atoms with Gasteiger partial charge < -0.3 is 10.6 Å². The zero-order chi connectivity index (χ0) is 19.4. The standard InChI is InChI=1S/C17H10ClF3N6/c18-13-5-4-11(17(19,20)21)7-14(13)25-16-26-15(9-23-27-16)24-12-3-1-2-10(6-12)8-22/h1-7,9H,(H2,24,25,26,27). The van der Waals surface area contributed by atoms with Crippen molar-refractivity contribution < 1.29 is 13.2 Å². The molecule has 0 fully saturated rings. The van der Waals surface area contributed by atoms with Crippen LogP contribution >= 0.6 is 11.6 Å². The van der Waals surface area contributed by atoms with Crippen LogP contribution in [0.4, 0.5) is 36.3 Å². The molecule has 3 aromatic rings. The Labute approximate surface area is 156 Å². The first-order valence-electron chi connectivity index (χ1n) is 7.46. The molecule has 0 radical (unpaired) electrons. The molecule has 0 amide bonds. The number of nitriles is 1. The molecule has 2 N–H and O–H groups in total. The molecule has 10 heteroatoms. The van der Waals surface area contributed by atoms with Crippen molar-refractivity contribution in [2.75, 3.05) is 10.6 Å². The summed E-state index contributed by atoms with van der Waals surface area (Å²) < 4.78 is 38.6. The minimum Gasteiger partial charge on any atom is -0.339 e. The van der Waals surface area contributed by atoms with Gasteiger partial charge in [-0.15, -0.1) is 5.10 Å². The van der Waals surface area contributed by atoms with Crippen LogP contribution in [0, 0.1) is 11.3 Å². The van der Waals surface area contributed by atoms with E-state index in [9.17, 15) is 13.2 Å². The van der Waals surface area contributed by atoms with Gasteiger partial charge in [0.25, 0.3) is 0 Å². The number of alkyl halides is 3. The minimum absolute atomic E-state index is 0.00285. The Balaban J connectivity index is 1.83. The molecule has 27 heavy (non-hydrogen) atoms. The molecule has 0 spiro atoms. The van der Waals surface area contributed by atoms with Crippen LogP contribution in [0.1, 0.15) is 11.1 Å². The highest BCUT2D eigenvalue weighted by atomic mass is 35.5. The molecule has 2 aromatic carbocycles. The van der Waals surface area contributed by atoms with Crippen LogP contribution in [0.3, 0.4) is 0 Å². The van der Waals surface area contributed by atoms with E-state index >= 15 is 0 Å². The molecule has 3 rings (SSSR count). The Kier molecular flexibility index (Phi) is 5.09. The van der Waals surface area contributed by atoms with E-state index < -0.39 is 11.7 Å². The van der Waals surface area contributed by atoms with E-state index in [0.717, 1.165) is 18.2 Å². The zero-order valence-electron chi connectivity index (χ0n) is 13.4. The van der Waals surface area contributed by atoms with Crippen molar-refractivity contribution in [2.24, 2.45) is 0 Å². The van der Waals surface area contributed by atoms with Gasteiger partial charge in [-0.3, -0.25) is 0 Å². The molecule has 0 saturated carbocycles. The van der Waals surface area contributed by atoms with E-state index in [0.29, 0.717) is 11.3 Å². The Morgan fingerprint density at radius 3 is 2.63 bits per heavy atom. The van der Waals surface area contributed by atoms with E-state index in [1.165, 1.54) is 6.20 Å². The van der Waals surface area contributed by atoms with Crippen molar-refractivity contribution in [1.29, 1.82) is 5.26 Å². The number of hydrogen-bond acceptors (Lipinski definition) is 6. The quantitative estimate of drug-likeness (QED) is 0.658. The number of nitrogens with one attached hydrogen (secondary N) is 2. The summed E-state index contributed by atoms with van der Waals surface area (Å²) in [5.41, 5.74) is 0.190. The second-order valence-electron chi connectivity index (χ2n) is 5.30. The van der Waals surface area contributed by atoms with Crippen molar-refractivity contribution >= 4 is 34.7 Å². The van der Waals surface area contributed by atoms with E-state index in [1.807, 2.05) is 6.07 Å². The molecular formula is C17H10ClF3N6. The summed E-state index contributed by atoms with van der Waals surface area (Å²) in [6, 6.07) is 11.6. The Morgan fingerprint density at radius 1 is 1.07 bits per heavy atom. The van der Waals surface area contributed by atoms with Crippen molar-refractivity contribution in [1.82, 2.24) is 15.2 Å². The number of anilines is 4. The van der Waals surface area contributed by atoms with Crippen LogP contribution in [0.2, 0.25) is 5.02 Å². The molecule has 6 nitrogen and oxygen atoms in total. The monoisotopic (exact) mass is 390 g/mol. The molecule has 0 aliphatic heterocycles. The third-order valence-corrected chi connectivity index (χ3v) is 3.69. The second kappa shape index (κ2) is 7.47. The molecule has 0 aliphatic rings. The SMILES string of the molecule is N#Cc1cccc(Nc2cnnc(Nc3cc(C(F)(F)F)ccc3Cl)n2)c1. The highest BCUT2D eigenvalue weighted by Gasteiger charge is 2.31. The normalized spacial score (nSPS) is 10.9. The van der Waals surface area contributed by atoms with Gasteiger partial charge in [0.1, 0.15) is 0 Å². The predicted molar refractivity (Wildman–Crippen MR) is 94.0 cm³/mol. The average Bonchev–Trinajstić information content (AvgIpc) is 2.63. The summed E-state index contributed by atoms with van der Waals surface area (Å²) in [4.78, 5) is 4.13. The van der Waals surface area contributed by atoms with E-state index in [2.05, 4.69) is 25.8 Å². The number of halogens is 4. The topological polar surface area (TPSA) is 86.5 Å². The lowest BCUT2D eigenvalue weighted by Crippen LogP contribution is -2.07. The van der Waals surface area contributed by atoms with E-state index in [-0.39, 0.29) is 22.5 Å². The first-order valence-corrected chi connectivity index (χ1v) is 7.83. The zero-order valence-corrected chi connectivity index (χ0v) is 14.2. The van der Waals surface area contributed by atoms with E-state index in [1.54, 1.807) is 24.3 Å². The molecule has 0 aliphatic carbocycles. The van der Waals surface area contributed by atoms with Gasteiger partial charge >= 0.3 is 6.18 Å². The number of benzene rings is 2. The number of nitrogens with zero attached hydrogens (tertiary/aromatic N) is 4. The number of rotatable bonds is 4. The van der Waals surface area contributed by atoms with Crippen molar-refractivity contribution in [3.63, 3.8) is 0 Å². The Hall–Kier alpha value is -3.38. The predicted octanol–water partition coefficient (Wildman–Crippen LogP) is 4.90. The highest BCUT2D eigenvalue weighted by Crippen LogP contribution is 2.34. The fraction of sp³-hybridized carbons (Fsp3) is 0.0588. The first kappa shape index (κ1) is 18.4. The second-order valence-corrected chi connectivity index (χ2v) is 5.71. The lowest BCUT2D eigenvalue weighted by molar-refractivity contribution is -0.137. The van der Waals surface area contributed by atoms with Gasteiger partial charge in [-0.05, 0) is 36.4 Å². The largest absolute Gasteiger partial charge is 0.416 e. The third kappa shape index (κ3) is 4.62. The third-order valence-electron chi connectivity index (χ3n) is 3.36. The van der Waals surface area contributed by atoms with Crippen LogP contribution in [0.5, 0.6) is 0 Å². The molecular weight excluding hydrogens is 381 g/mol. The highest BCUT2D eigenvalue weighted by molar-refractivity contribution is 6.33. The van der Waals surface area contributed by atoms with Crippen LogP contribution in [0.25, 0.3) is 0 Å². The molecule has 1 heterocycles. The maximum absolute atomic E-state index is 12.9. The Morgan fingerprint density at radius 2 is 1.89 bits per heavy atom. The van der Waals surface area contributed by atoms with Crippen molar-refractivity contribution in [3.8, 4) is 6.07 Å². The summed E-state index contributed by atoms with van der Waals surface area (Å²) in [6.45, 7) is 0. The average molecular weight is 391 g/mol. The van der Waals surface area contributed by atoms with Gasteiger partial charge in [-0.1, -0.05) is 17.7 Å². The van der Waals surface area contributed by atoms with Gasteiger partial charge in [0.05, 0.1) is 34.1 Å². The summed E-state index contributed by atoms with van der Waals surface area (Å²) in [7, 11) is 0. The molecule has 136 valence electrons. The van der Waals surface area contributed by atoms with Crippen molar-refractivity contribution in [2.45, 2.75) is 6.18 Å². The Bertz CT molecular complexity index is 1020. The minimum atomic E-state index is -4.50. The fourth-order valence-electron chi connectivity index (χ4n) is 2.15. The lowest BCUT2D eigenvalue weighted by atomic mass is 10.2. The van der Waals surface area contributed by atoms with Crippen LogP contribution in [-0.4, -0.2) is 15.2 Å². The number of aromatic nitrogens is 3. The molecule has 1 aromatic heterocycles. The summed E-state index contributed by atoms with van der Waals surface area (Å²) >= 11 is 5.95. The van der Waals surface area contributed by atoms with Crippen LogP contribution < -0.4 is 10.6 Å². The molecule has 0 atom stereocenters. The van der Waals surface area contributed by atoms with Gasteiger partial charge in [0, 0.05) is 5.69 Å². The maximum atomic E-state index is 12.9. The molecule has 0 saturated heterocycles. The molecule has 0 unspecified atom stereocenters. The van der Waals surface area contributed by atoms with Gasteiger partial charge in [-0.25, -0.2) is 0 Å². The van der Waals surface area contributed by atoms with Crippen molar-refractivity contribution in [3.05, 3.63) is 64.8 Å². The van der Waals surface area contributed by atoms with Gasteiger partial charge in [0.2, 0.25) is 5.95 Å². The smallest absolute Gasteiger partial charge is 0.339 e. The fourth-order valence-corrected chi connectivity index (χ4v) is 2.31.